The van der Waals surface area contributed by atoms with Gasteiger partial charge in [0.1, 0.15) is 5.54 Å². The smallest absolute Gasteiger partial charge is 0.252 e. The van der Waals surface area contributed by atoms with Gasteiger partial charge in [-0.05, 0) is 26.7 Å². The molecule has 0 aromatic rings. The van der Waals surface area contributed by atoms with Gasteiger partial charge in [0.2, 0.25) is 0 Å². The maximum atomic E-state index is 12.0. The first-order chi connectivity index (χ1) is 8.18. The molecule has 0 aromatic carbocycles. The first-order valence-electron chi connectivity index (χ1n) is 6.38. The van der Waals surface area contributed by atoms with Crippen LogP contribution >= 0.6 is 0 Å². The van der Waals surface area contributed by atoms with E-state index in [4.69, 9.17) is 4.74 Å². The molecule has 1 saturated heterocycles. The number of hydrogen-bond donors (Lipinski definition) is 2. The molecule has 0 saturated carbocycles. The van der Waals surface area contributed by atoms with Crippen LogP contribution < -0.4 is 10.6 Å². The molecule has 104 valence electrons. The van der Waals surface area contributed by atoms with Crippen LogP contribution in [0.25, 0.3) is 0 Å². The molecule has 1 amide bonds. The average molecular weight is 255 g/mol. The summed E-state index contributed by atoms with van der Waals surface area (Å²) in [6, 6.07) is 0. The SMILES string of the molecule is COC(C)(C)CC1(C)NC(=NCC(C)C)NC1=O. The van der Waals surface area contributed by atoms with Gasteiger partial charge in [0, 0.05) is 20.1 Å². The lowest BCUT2D eigenvalue weighted by molar-refractivity contribution is -0.126. The average Bonchev–Trinajstić information content (AvgIpc) is 2.51. The number of ether oxygens (including phenoxy) is 1. The molecule has 18 heavy (non-hydrogen) atoms. The summed E-state index contributed by atoms with van der Waals surface area (Å²) in [6.45, 7) is 10.7. The highest BCUT2D eigenvalue weighted by Crippen LogP contribution is 2.25. The molecule has 1 fully saturated rings. The fourth-order valence-electron chi connectivity index (χ4n) is 2.00. The number of aliphatic imine (C=N–C) groups is 1. The van der Waals surface area contributed by atoms with E-state index in [0.717, 1.165) is 0 Å². The number of rotatable bonds is 5. The predicted octanol–water partition coefficient (Wildman–Crippen LogP) is 1.29. The number of nitrogens with zero attached hydrogens (tertiary/aromatic N) is 1. The zero-order valence-electron chi connectivity index (χ0n) is 12.3. The van der Waals surface area contributed by atoms with Crippen molar-refractivity contribution in [3.05, 3.63) is 0 Å². The molecule has 0 bridgehead atoms. The Hall–Kier alpha value is -1.10. The van der Waals surface area contributed by atoms with Gasteiger partial charge >= 0.3 is 0 Å². The quantitative estimate of drug-likeness (QED) is 0.778. The molecule has 0 spiro atoms. The highest BCUT2D eigenvalue weighted by atomic mass is 16.5. The van der Waals surface area contributed by atoms with Crippen molar-refractivity contribution in [1.82, 2.24) is 10.6 Å². The summed E-state index contributed by atoms with van der Waals surface area (Å²) >= 11 is 0. The Labute approximate surface area is 109 Å². The number of guanidine groups is 1. The molecule has 1 heterocycles. The van der Waals surface area contributed by atoms with Crippen LogP contribution in [-0.4, -0.2) is 36.7 Å². The Morgan fingerprint density at radius 1 is 1.44 bits per heavy atom. The first kappa shape index (κ1) is 15.0. The van der Waals surface area contributed by atoms with Gasteiger partial charge in [0.15, 0.2) is 5.96 Å². The maximum Gasteiger partial charge on any atom is 0.252 e. The minimum Gasteiger partial charge on any atom is -0.379 e. The highest BCUT2D eigenvalue weighted by Gasteiger charge is 2.44. The molecule has 1 unspecified atom stereocenters. The third-order valence-corrected chi connectivity index (χ3v) is 3.07. The van der Waals surface area contributed by atoms with E-state index < -0.39 is 5.54 Å². The van der Waals surface area contributed by atoms with Crippen LogP contribution in [0.5, 0.6) is 0 Å². The second-order valence-electron chi connectivity index (χ2n) is 6.13. The van der Waals surface area contributed by atoms with Gasteiger partial charge in [0.25, 0.3) is 5.91 Å². The zero-order valence-corrected chi connectivity index (χ0v) is 12.3. The molecule has 5 heteroatoms. The minimum atomic E-state index is -0.657. The largest absolute Gasteiger partial charge is 0.379 e. The van der Waals surface area contributed by atoms with Crippen molar-refractivity contribution in [2.75, 3.05) is 13.7 Å². The molecule has 0 aromatic heterocycles. The zero-order chi connectivity index (χ0) is 14.0. The van der Waals surface area contributed by atoms with Crippen LogP contribution in [0.3, 0.4) is 0 Å². The Balaban J connectivity index is 2.74. The van der Waals surface area contributed by atoms with Gasteiger partial charge in [-0.2, -0.15) is 0 Å². The van der Waals surface area contributed by atoms with Crippen molar-refractivity contribution in [1.29, 1.82) is 0 Å². The fourth-order valence-corrected chi connectivity index (χ4v) is 2.00. The van der Waals surface area contributed by atoms with E-state index >= 15 is 0 Å². The van der Waals surface area contributed by atoms with Crippen molar-refractivity contribution >= 4 is 11.9 Å². The van der Waals surface area contributed by atoms with Crippen LogP contribution in [0.4, 0.5) is 0 Å². The number of carbonyl (C=O) groups excluding carboxylic acids is 1. The van der Waals surface area contributed by atoms with Gasteiger partial charge in [0.05, 0.1) is 5.60 Å². The van der Waals surface area contributed by atoms with Gasteiger partial charge in [-0.25, -0.2) is 0 Å². The standard InChI is InChI=1S/C13H25N3O2/c1-9(2)7-14-11-15-10(17)13(5,16-11)8-12(3,4)18-6/h9H,7-8H2,1-6H3,(H2,14,15,16,17). The van der Waals surface area contributed by atoms with Crippen molar-refractivity contribution in [2.45, 2.75) is 52.2 Å². The topological polar surface area (TPSA) is 62.7 Å². The van der Waals surface area contributed by atoms with E-state index in [0.29, 0.717) is 24.8 Å². The maximum absolute atomic E-state index is 12.0. The highest BCUT2D eigenvalue weighted by molar-refractivity contribution is 6.08. The predicted molar refractivity (Wildman–Crippen MR) is 72.5 cm³/mol. The summed E-state index contributed by atoms with van der Waals surface area (Å²) in [4.78, 5) is 16.4. The molecule has 2 N–H and O–H groups in total. The lowest BCUT2D eigenvalue weighted by atomic mass is 9.88. The number of nitrogens with one attached hydrogen (secondary N) is 2. The lowest BCUT2D eigenvalue weighted by Gasteiger charge is -2.31. The molecular weight excluding hydrogens is 230 g/mol. The van der Waals surface area contributed by atoms with E-state index in [9.17, 15) is 4.79 Å². The lowest BCUT2D eigenvalue weighted by Crippen LogP contribution is -2.49. The summed E-state index contributed by atoms with van der Waals surface area (Å²) < 4.78 is 5.39. The summed E-state index contributed by atoms with van der Waals surface area (Å²) in [7, 11) is 1.66. The second kappa shape index (κ2) is 5.26. The Morgan fingerprint density at radius 3 is 2.56 bits per heavy atom. The molecule has 0 aliphatic carbocycles. The molecule has 1 aliphatic rings. The normalized spacial score (nSPS) is 26.6. The summed E-state index contributed by atoms with van der Waals surface area (Å²) in [5, 5.41) is 5.96. The van der Waals surface area contributed by atoms with Crippen LogP contribution in [0.1, 0.15) is 41.0 Å². The molecule has 0 radical (unpaired) electrons. The van der Waals surface area contributed by atoms with Crippen LogP contribution in [-0.2, 0) is 9.53 Å². The number of amides is 1. The minimum absolute atomic E-state index is 0.0462. The molecule has 1 rings (SSSR count). The van der Waals surface area contributed by atoms with Gasteiger partial charge in [-0.1, -0.05) is 13.8 Å². The first-order valence-corrected chi connectivity index (χ1v) is 6.38. The summed E-state index contributed by atoms with van der Waals surface area (Å²) in [6.07, 6.45) is 0.586. The Bertz CT molecular complexity index is 350. The van der Waals surface area contributed by atoms with E-state index in [2.05, 4.69) is 29.5 Å². The van der Waals surface area contributed by atoms with E-state index in [1.165, 1.54) is 0 Å². The molecule has 1 atom stereocenters. The Kier molecular flexibility index (Phi) is 4.37. The van der Waals surface area contributed by atoms with Crippen molar-refractivity contribution < 1.29 is 9.53 Å². The summed E-state index contributed by atoms with van der Waals surface area (Å²) in [5.41, 5.74) is -1.01. The molecule has 5 nitrogen and oxygen atoms in total. The Morgan fingerprint density at radius 2 is 2.06 bits per heavy atom. The van der Waals surface area contributed by atoms with Crippen molar-refractivity contribution in [3.63, 3.8) is 0 Å². The van der Waals surface area contributed by atoms with Gasteiger partial charge < -0.3 is 10.1 Å². The molecular formula is C13H25N3O2. The number of methoxy groups -OCH3 is 1. The van der Waals surface area contributed by atoms with E-state index in [1.807, 2.05) is 20.8 Å². The molecule has 1 aliphatic heterocycles. The van der Waals surface area contributed by atoms with Crippen molar-refractivity contribution in [2.24, 2.45) is 10.9 Å². The monoisotopic (exact) mass is 255 g/mol. The third kappa shape index (κ3) is 3.70. The van der Waals surface area contributed by atoms with Gasteiger partial charge in [-0.3, -0.25) is 15.1 Å². The summed E-state index contributed by atoms with van der Waals surface area (Å²) in [5.74, 6) is 0.997. The van der Waals surface area contributed by atoms with Crippen LogP contribution in [0.15, 0.2) is 4.99 Å². The van der Waals surface area contributed by atoms with E-state index in [1.54, 1.807) is 7.11 Å². The number of carbonyl (C=O) groups is 1. The third-order valence-electron chi connectivity index (χ3n) is 3.07. The fraction of sp³-hybridized carbons (Fsp3) is 0.846. The number of hydrogen-bond acceptors (Lipinski definition) is 3. The van der Waals surface area contributed by atoms with Crippen molar-refractivity contribution in [3.8, 4) is 0 Å². The van der Waals surface area contributed by atoms with Crippen LogP contribution in [0.2, 0.25) is 0 Å². The van der Waals surface area contributed by atoms with Crippen LogP contribution in [0, 0.1) is 5.92 Å². The van der Waals surface area contributed by atoms with Gasteiger partial charge in [-0.15, -0.1) is 0 Å². The second-order valence-corrected chi connectivity index (χ2v) is 6.13. The van der Waals surface area contributed by atoms with E-state index in [-0.39, 0.29) is 11.5 Å².